The van der Waals surface area contributed by atoms with Crippen LogP contribution >= 0.6 is 24.4 Å². The zero-order chi connectivity index (χ0) is 6.24. The molecule has 0 unspecified atom stereocenters. The monoisotopic (exact) mass is 147 g/mol. The SMILES string of the molecule is C=CC=[NH+]SNC=S. The van der Waals surface area contributed by atoms with E-state index in [-0.39, 0.29) is 0 Å². The van der Waals surface area contributed by atoms with E-state index < -0.39 is 0 Å². The Hall–Kier alpha value is -0.350. The van der Waals surface area contributed by atoms with Gasteiger partial charge in [0.15, 0.2) is 6.21 Å². The van der Waals surface area contributed by atoms with Gasteiger partial charge in [-0.15, -0.1) is 0 Å². The Morgan fingerprint density at radius 1 is 1.75 bits per heavy atom. The van der Waals surface area contributed by atoms with Crippen molar-refractivity contribution in [2.24, 2.45) is 0 Å². The quantitative estimate of drug-likeness (QED) is 0.241. The van der Waals surface area contributed by atoms with E-state index >= 15 is 0 Å². The summed E-state index contributed by atoms with van der Waals surface area (Å²) < 4.78 is 5.50. The van der Waals surface area contributed by atoms with Gasteiger partial charge < -0.3 is 0 Å². The maximum absolute atomic E-state index is 4.46. The molecule has 0 radical (unpaired) electrons. The molecule has 0 saturated carbocycles. The van der Waals surface area contributed by atoms with Crippen LogP contribution in [0.25, 0.3) is 0 Å². The van der Waals surface area contributed by atoms with Crippen molar-refractivity contribution in [1.29, 1.82) is 0 Å². The van der Waals surface area contributed by atoms with Crippen molar-refractivity contribution in [3.05, 3.63) is 12.7 Å². The normalized spacial score (nSPS) is 9.00. The lowest BCUT2D eigenvalue weighted by atomic mass is 10.7. The Balaban J connectivity index is 3.02. The minimum Gasteiger partial charge on any atom is -0.269 e. The predicted octanol–water partition coefficient (Wildman–Crippen LogP) is -0.566. The molecule has 0 fully saturated rings. The first kappa shape index (κ1) is 7.65. The molecule has 0 amide bonds. The van der Waals surface area contributed by atoms with E-state index in [0.717, 1.165) is 0 Å². The highest BCUT2D eigenvalue weighted by molar-refractivity contribution is 7.92. The maximum atomic E-state index is 4.46. The van der Waals surface area contributed by atoms with Gasteiger partial charge in [0.05, 0.1) is 5.49 Å². The molecule has 0 aliphatic rings. The molecule has 0 aliphatic heterocycles. The number of allylic oxidation sites excluding steroid dienone is 1. The fourth-order valence-electron chi connectivity index (χ4n) is 0.140. The standard InChI is InChI=1S/C4H6N2S2/c1-2-3-5-8-6-4-7/h2-4H,1H2,(H,6,7)/p+1. The van der Waals surface area contributed by atoms with Gasteiger partial charge in [0.2, 0.25) is 0 Å². The minimum atomic E-state index is 1.29. The topological polar surface area (TPSA) is 26.0 Å². The lowest BCUT2D eigenvalue weighted by molar-refractivity contribution is -0.236. The molecule has 0 aliphatic carbocycles. The molecule has 0 aromatic heterocycles. The van der Waals surface area contributed by atoms with Crippen LogP contribution in [-0.2, 0) is 0 Å². The second-order valence-corrected chi connectivity index (χ2v) is 1.77. The zero-order valence-corrected chi connectivity index (χ0v) is 5.89. The van der Waals surface area contributed by atoms with Crippen molar-refractivity contribution in [2.75, 3.05) is 0 Å². The molecule has 8 heavy (non-hydrogen) atoms. The van der Waals surface area contributed by atoms with Gasteiger partial charge in [-0.1, -0.05) is 18.8 Å². The summed E-state index contributed by atoms with van der Waals surface area (Å²) in [5.74, 6) is 0. The van der Waals surface area contributed by atoms with E-state index in [9.17, 15) is 0 Å². The largest absolute Gasteiger partial charge is 0.284 e. The second kappa shape index (κ2) is 6.65. The smallest absolute Gasteiger partial charge is 0.269 e. The number of hydrogen-bond acceptors (Lipinski definition) is 2. The Labute approximate surface area is 58.3 Å². The van der Waals surface area contributed by atoms with Crippen molar-refractivity contribution in [2.45, 2.75) is 0 Å². The summed E-state index contributed by atoms with van der Waals surface area (Å²) in [7, 11) is 0. The Kier molecular flexibility index (Phi) is 6.36. The van der Waals surface area contributed by atoms with Crippen LogP contribution in [0, 0.1) is 0 Å². The zero-order valence-electron chi connectivity index (χ0n) is 4.26. The van der Waals surface area contributed by atoms with Crippen LogP contribution in [0.15, 0.2) is 12.7 Å². The summed E-state index contributed by atoms with van der Waals surface area (Å²) in [6.07, 6.45) is 3.36. The van der Waals surface area contributed by atoms with Crippen LogP contribution in [0.3, 0.4) is 0 Å². The molecular weight excluding hydrogens is 140 g/mol. The van der Waals surface area contributed by atoms with Crippen molar-refractivity contribution >= 4 is 36.1 Å². The molecule has 0 saturated heterocycles. The van der Waals surface area contributed by atoms with E-state index in [1.165, 1.54) is 17.6 Å². The first-order valence-electron chi connectivity index (χ1n) is 1.96. The number of rotatable bonds is 4. The van der Waals surface area contributed by atoms with E-state index in [2.05, 4.69) is 27.9 Å². The molecular formula is C4H7N2S2+. The van der Waals surface area contributed by atoms with Gasteiger partial charge in [0.25, 0.3) is 12.1 Å². The van der Waals surface area contributed by atoms with E-state index in [4.69, 9.17) is 0 Å². The van der Waals surface area contributed by atoms with Gasteiger partial charge in [-0.25, -0.2) is 0 Å². The van der Waals surface area contributed by atoms with Crippen molar-refractivity contribution in [3.8, 4) is 0 Å². The molecule has 0 rings (SSSR count). The molecule has 0 spiro atoms. The van der Waals surface area contributed by atoms with Gasteiger partial charge in [0, 0.05) is 0 Å². The highest BCUT2D eigenvalue weighted by atomic mass is 32.2. The van der Waals surface area contributed by atoms with Crippen LogP contribution in [0.5, 0.6) is 0 Å². The Morgan fingerprint density at radius 2 is 2.50 bits per heavy atom. The van der Waals surface area contributed by atoms with Crippen LogP contribution < -0.4 is 9.12 Å². The lowest BCUT2D eigenvalue weighted by Gasteiger charge is -1.75. The molecule has 44 valence electrons. The summed E-state index contributed by atoms with van der Waals surface area (Å²) in [5, 5.41) is 0. The van der Waals surface area contributed by atoms with Crippen molar-refractivity contribution < 1.29 is 4.40 Å². The predicted molar refractivity (Wildman–Crippen MR) is 41.6 cm³/mol. The minimum absolute atomic E-state index is 1.29. The maximum Gasteiger partial charge on any atom is 0.284 e. The first-order chi connectivity index (χ1) is 3.91. The average Bonchev–Trinajstić information content (AvgIpc) is 1.81. The van der Waals surface area contributed by atoms with Crippen molar-refractivity contribution in [1.82, 2.24) is 4.72 Å². The fraction of sp³-hybridized carbons (Fsp3) is 0. The van der Waals surface area contributed by atoms with Crippen molar-refractivity contribution in [3.63, 3.8) is 0 Å². The van der Waals surface area contributed by atoms with Crippen LogP contribution in [0.4, 0.5) is 0 Å². The molecule has 0 aromatic rings. The van der Waals surface area contributed by atoms with Gasteiger partial charge >= 0.3 is 0 Å². The average molecular weight is 147 g/mol. The molecule has 0 atom stereocenters. The molecule has 2 N–H and O–H groups in total. The van der Waals surface area contributed by atoms with Gasteiger partial charge in [0.1, 0.15) is 0 Å². The third kappa shape index (κ3) is 5.65. The first-order valence-corrected chi connectivity index (χ1v) is 3.25. The Morgan fingerprint density at radius 3 is 3.00 bits per heavy atom. The van der Waals surface area contributed by atoms with Crippen LogP contribution in [0.1, 0.15) is 0 Å². The summed E-state index contributed by atoms with van der Waals surface area (Å²) in [4.78, 5) is 0. The summed E-state index contributed by atoms with van der Waals surface area (Å²) >= 11 is 5.76. The molecule has 0 heterocycles. The van der Waals surface area contributed by atoms with Crippen LogP contribution in [-0.4, -0.2) is 11.7 Å². The molecule has 4 heteroatoms. The van der Waals surface area contributed by atoms with E-state index in [1.54, 1.807) is 12.3 Å². The summed E-state index contributed by atoms with van der Waals surface area (Å²) in [6.45, 7) is 3.46. The Bertz CT molecular complexity index is 100. The van der Waals surface area contributed by atoms with Gasteiger partial charge in [-0.3, -0.25) is 4.72 Å². The molecule has 0 aromatic carbocycles. The third-order valence-corrected chi connectivity index (χ3v) is 1.11. The number of thiocarbonyl (C=S) groups is 1. The molecule has 2 nitrogen and oxygen atoms in total. The van der Waals surface area contributed by atoms with Crippen LogP contribution in [0.2, 0.25) is 0 Å². The second-order valence-electron chi connectivity index (χ2n) is 0.858. The van der Waals surface area contributed by atoms with Gasteiger partial charge in [-0.2, -0.15) is 4.40 Å². The highest BCUT2D eigenvalue weighted by Gasteiger charge is 1.77. The summed E-state index contributed by atoms with van der Waals surface area (Å²) in [6, 6.07) is 0. The highest BCUT2D eigenvalue weighted by Crippen LogP contribution is 1.61. The lowest BCUT2D eigenvalue weighted by Crippen LogP contribution is -2.60. The van der Waals surface area contributed by atoms with E-state index in [1.807, 2.05) is 0 Å². The number of nitrogens with one attached hydrogen (secondary N) is 2. The number of hydrogen-bond donors (Lipinski definition) is 2. The summed E-state index contributed by atoms with van der Waals surface area (Å²) in [5.41, 5.74) is 1.43. The fourth-order valence-corrected chi connectivity index (χ4v) is 0.565. The van der Waals surface area contributed by atoms with Gasteiger partial charge in [-0.05, 0) is 6.08 Å². The van der Waals surface area contributed by atoms with E-state index in [0.29, 0.717) is 0 Å². The molecule has 0 bridgehead atoms. The third-order valence-electron chi connectivity index (χ3n) is 0.352.